The topological polar surface area (TPSA) is 59.9 Å². The second kappa shape index (κ2) is 13.4. The lowest BCUT2D eigenvalue weighted by molar-refractivity contribution is 0.581. The second-order valence-corrected chi connectivity index (χ2v) is 14.3. The lowest BCUT2D eigenvalue weighted by atomic mass is 9.98. The van der Waals surface area contributed by atoms with Gasteiger partial charge in [0, 0.05) is 55.8 Å². The van der Waals surface area contributed by atoms with Crippen LogP contribution in [0.5, 0.6) is 0 Å². The summed E-state index contributed by atoms with van der Waals surface area (Å²) in [5.74, 6) is -2.58. The summed E-state index contributed by atoms with van der Waals surface area (Å²) in [5, 5.41) is 1.20. The van der Waals surface area contributed by atoms with Crippen LogP contribution in [0, 0.1) is 25.5 Å². The Kier molecular flexibility index (Phi) is 9.24. The van der Waals surface area contributed by atoms with Gasteiger partial charge in [0.15, 0.2) is 9.84 Å². The first kappa shape index (κ1) is 32.5. The Hall–Kier alpha value is -4.43. The summed E-state index contributed by atoms with van der Waals surface area (Å²) < 4.78 is 57.2. The van der Waals surface area contributed by atoms with Crippen LogP contribution in [0.4, 0.5) is 8.78 Å². The number of halogens is 4. The van der Waals surface area contributed by atoms with Crippen LogP contribution in [0.1, 0.15) is 22.3 Å². The fourth-order valence-electron chi connectivity index (χ4n) is 5.41. The number of aromatic nitrogens is 2. The Morgan fingerprint density at radius 1 is 0.574 bits per heavy atom. The minimum atomic E-state index is -3.95. The number of nitrogens with zero attached hydrogens (tertiary/aromatic N) is 2. The summed E-state index contributed by atoms with van der Waals surface area (Å²) in [6.07, 6.45) is 3.22. The van der Waals surface area contributed by atoms with Crippen LogP contribution >= 0.6 is 23.2 Å². The van der Waals surface area contributed by atoms with Crippen LogP contribution in [0.2, 0.25) is 10.0 Å². The van der Waals surface area contributed by atoms with Crippen LogP contribution in [0.15, 0.2) is 109 Å². The van der Waals surface area contributed by atoms with Crippen molar-refractivity contribution in [3.05, 3.63) is 153 Å². The van der Waals surface area contributed by atoms with E-state index in [1.165, 1.54) is 24.3 Å². The predicted octanol–water partition coefficient (Wildman–Crippen LogP) is 10.5. The minimum absolute atomic E-state index is 0.0171. The number of aryl methyl sites for hydroxylation is 2. The second-order valence-electron chi connectivity index (χ2n) is 11.4. The smallest absolute Gasteiger partial charge is 0.158 e. The molecule has 4 aromatic carbocycles. The van der Waals surface area contributed by atoms with Crippen molar-refractivity contribution in [2.24, 2.45) is 0 Å². The molecular formula is C38H28Cl2F2N2O2S. The van der Waals surface area contributed by atoms with E-state index in [0.717, 1.165) is 33.4 Å². The molecule has 6 aromatic rings. The van der Waals surface area contributed by atoms with E-state index in [4.69, 9.17) is 23.2 Å². The zero-order valence-electron chi connectivity index (χ0n) is 25.4. The average Bonchev–Trinajstić information content (AvgIpc) is 3.05. The van der Waals surface area contributed by atoms with Gasteiger partial charge in [-0.05, 0) is 72.5 Å². The third-order valence-electron chi connectivity index (χ3n) is 7.98. The van der Waals surface area contributed by atoms with E-state index < -0.39 is 33.0 Å². The molecule has 0 aliphatic carbocycles. The van der Waals surface area contributed by atoms with E-state index in [9.17, 15) is 8.42 Å². The molecule has 0 atom stereocenters. The van der Waals surface area contributed by atoms with Crippen LogP contribution in [0.25, 0.3) is 44.8 Å². The molecule has 0 unspecified atom stereocenters. The average molecular weight is 686 g/mol. The van der Waals surface area contributed by atoms with E-state index in [1.54, 1.807) is 36.7 Å². The molecule has 2 heterocycles. The standard InChI is InChI=1S/C38H28Cl2F2N2O2S/c1-23-7-9-25(17-33(23)39)31-5-3-15-43-37(31)27-11-13-29(35(41)19-27)21-47(45,46)22-30-14-12-28(20-36(30)42)38-32(6-4-16-44-38)26-10-8-24(2)34(40)18-26/h3-20H,21-22H2,1-2H3. The number of benzene rings is 4. The van der Waals surface area contributed by atoms with E-state index in [-0.39, 0.29) is 11.1 Å². The molecule has 0 bridgehead atoms. The van der Waals surface area contributed by atoms with Gasteiger partial charge in [-0.2, -0.15) is 0 Å². The maximum absolute atomic E-state index is 15.4. The summed E-state index contributed by atoms with van der Waals surface area (Å²) in [5.41, 5.74) is 7.02. The van der Waals surface area contributed by atoms with Crippen molar-refractivity contribution < 1.29 is 17.2 Å². The molecule has 9 heteroatoms. The van der Waals surface area contributed by atoms with Gasteiger partial charge in [0.25, 0.3) is 0 Å². The first-order chi connectivity index (χ1) is 22.5. The van der Waals surface area contributed by atoms with Gasteiger partial charge >= 0.3 is 0 Å². The van der Waals surface area contributed by atoms with Gasteiger partial charge in [-0.1, -0.05) is 83.9 Å². The highest BCUT2D eigenvalue weighted by molar-refractivity contribution is 7.89. The number of hydrogen-bond donors (Lipinski definition) is 0. The Labute approximate surface area is 282 Å². The van der Waals surface area contributed by atoms with Crippen molar-refractivity contribution in [3.8, 4) is 44.8 Å². The molecule has 2 aromatic heterocycles. The highest BCUT2D eigenvalue weighted by atomic mass is 35.5. The molecule has 236 valence electrons. The monoisotopic (exact) mass is 684 g/mol. The highest BCUT2D eigenvalue weighted by Gasteiger charge is 2.21. The van der Waals surface area contributed by atoms with E-state index in [2.05, 4.69) is 9.97 Å². The lowest BCUT2D eigenvalue weighted by Crippen LogP contribution is -2.10. The van der Waals surface area contributed by atoms with E-state index >= 15 is 8.78 Å². The lowest BCUT2D eigenvalue weighted by Gasteiger charge is -2.13. The normalized spacial score (nSPS) is 11.5. The first-order valence-corrected chi connectivity index (χ1v) is 17.3. The van der Waals surface area contributed by atoms with Crippen LogP contribution < -0.4 is 0 Å². The van der Waals surface area contributed by atoms with Gasteiger partial charge in [-0.15, -0.1) is 0 Å². The molecule has 6 rings (SSSR count). The molecule has 0 saturated carbocycles. The Morgan fingerprint density at radius 3 is 1.36 bits per heavy atom. The van der Waals surface area contributed by atoms with Crippen molar-refractivity contribution in [1.29, 1.82) is 0 Å². The third kappa shape index (κ3) is 7.13. The molecule has 0 N–H and O–H groups in total. The summed E-state index contributed by atoms with van der Waals surface area (Å²) in [6.45, 7) is 3.81. The highest BCUT2D eigenvalue weighted by Crippen LogP contribution is 2.35. The molecule has 0 saturated heterocycles. The van der Waals surface area contributed by atoms with Gasteiger partial charge < -0.3 is 0 Å². The summed E-state index contributed by atoms with van der Waals surface area (Å²) in [4.78, 5) is 8.93. The van der Waals surface area contributed by atoms with Gasteiger partial charge in [0.2, 0.25) is 0 Å². The van der Waals surface area contributed by atoms with Gasteiger partial charge in [-0.3, -0.25) is 9.97 Å². The zero-order valence-corrected chi connectivity index (χ0v) is 27.8. The van der Waals surface area contributed by atoms with Crippen molar-refractivity contribution >= 4 is 33.0 Å². The van der Waals surface area contributed by atoms with Gasteiger partial charge in [0.05, 0.1) is 22.9 Å². The SMILES string of the molecule is Cc1ccc(-c2cccnc2-c2ccc(CS(=O)(=O)Cc3ccc(-c4ncccc4-c4ccc(C)c(Cl)c4)cc3F)c(F)c2)cc1Cl. The van der Waals surface area contributed by atoms with Crippen molar-refractivity contribution in [1.82, 2.24) is 9.97 Å². The van der Waals surface area contributed by atoms with Gasteiger partial charge in [-0.25, -0.2) is 17.2 Å². The molecular weight excluding hydrogens is 657 g/mol. The summed E-state index contributed by atoms with van der Waals surface area (Å²) >= 11 is 12.7. The van der Waals surface area contributed by atoms with Crippen molar-refractivity contribution in [2.45, 2.75) is 25.4 Å². The number of hydrogen-bond acceptors (Lipinski definition) is 4. The maximum atomic E-state index is 15.4. The fourth-order valence-corrected chi connectivity index (χ4v) is 7.28. The summed E-state index contributed by atoms with van der Waals surface area (Å²) in [6, 6.07) is 27.3. The minimum Gasteiger partial charge on any atom is -0.256 e. The largest absolute Gasteiger partial charge is 0.256 e. The predicted molar refractivity (Wildman–Crippen MR) is 186 cm³/mol. The fraction of sp³-hybridized carbons (Fsp3) is 0.105. The third-order valence-corrected chi connectivity index (χ3v) is 10.3. The molecule has 0 radical (unpaired) electrons. The Balaban J connectivity index is 1.23. The molecule has 0 aliphatic heterocycles. The van der Waals surface area contributed by atoms with Crippen LogP contribution in [0.3, 0.4) is 0 Å². The maximum Gasteiger partial charge on any atom is 0.158 e. The quantitative estimate of drug-likeness (QED) is 0.160. The number of sulfone groups is 1. The van der Waals surface area contributed by atoms with E-state index in [0.29, 0.717) is 32.6 Å². The molecule has 0 spiro atoms. The number of pyridine rings is 2. The molecule has 0 aliphatic rings. The molecule has 47 heavy (non-hydrogen) atoms. The first-order valence-electron chi connectivity index (χ1n) is 14.7. The molecule has 4 nitrogen and oxygen atoms in total. The Morgan fingerprint density at radius 2 is 0.979 bits per heavy atom. The Bertz CT molecular complexity index is 2110. The molecule has 0 amide bonds. The van der Waals surface area contributed by atoms with Gasteiger partial charge in [0.1, 0.15) is 11.6 Å². The van der Waals surface area contributed by atoms with Crippen molar-refractivity contribution in [2.75, 3.05) is 0 Å². The van der Waals surface area contributed by atoms with Crippen molar-refractivity contribution in [3.63, 3.8) is 0 Å². The van der Waals surface area contributed by atoms with E-state index in [1.807, 2.05) is 62.4 Å². The number of rotatable bonds is 8. The molecule has 0 fully saturated rings. The van der Waals surface area contributed by atoms with Crippen LogP contribution in [-0.4, -0.2) is 18.4 Å². The summed E-state index contributed by atoms with van der Waals surface area (Å²) in [7, 11) is -3.95. The zero-order chi connectivity index (χ0) is 33.3. The van der Waals surface area contributed by atoms with Crippen LogP contribution in [-0.2, 0) is 21.3 Å².